The van der Waals surface area contributed by atoms with E-state index in [1.54, 1.807) is 13.2 Å². The first-order chi connectivity index (χ1) is 13.2. The molecular formula is C20H30IN5OS. The van der Waals surface area contributed by atoms with Crippen LogP contribution in [0.1, 0.15) is 38.2 Å². The van der Waals surface area contributed by atoms with Crippen LogP contribution >= 0.6 is 24.0 Å². The summed E-state index contributed by atoms with van der Waals surface area (Å²) in [4.78, 5) is 4.36. The molecule has 6 nitrogen and oxygen atoms in total. The van der Waals surface area contributed by atoms with Gasteiger partial charge in [0.1, 0.15) is 0 Å². The molecular weight excluding hydrogens is 485 g/mol. The van der Waals surface area contributed by atoms with Gasteiger partial charge < -0.3 is 10.6 Å². The van der Waals surface area contributed by atoms with Crippen LogP contribution in [0.4, 0.5) is 0 Å². The van der Waals surface area contributed by atoms with E-state index in [-0.39, 0.29) is 24.0 Å². The number of hydrogen-bond acceptors (Lipinski definition) is 3. The highest BCUT2D eigenvalue weighted by Crippen LogP contribution is 2.23. The van der Waals surface area contributed by atoms with E-state index in [0.717, 1.165) is 43.1 Å². The minimum atomic E-state index is -0.710. The molecule has 2 N–H and O–H groups in total. The third-order valence-corrected chi connectivity index (χ3v) is 6.73. The maximum Gasteiger partial charge on any atom is 0.191 e. The molecule has 1 fully saturated rings. The quantitative estimate of drug-likeness (QED) is 0.352. The van der Waals surface area contributed by atoms with Crippen LogP contribution in [0.5, 0.6) is 0 Å². The minimum absolute atomic E-state index is 0. The van der Waals surface area contributed by atoms with E-state index in [4.69, 9.17) is 0 Å². The zero-order chi connectivity index (χ0) is 19.1. The Morgan fingerprint density at radius 3 is 2.93 bits per heavy atom. The van der Waals surface area contributed by atoms with Gasteiger partial charge in [0.15, 0.2) is 5.96 Å². The number of aliphatic imine (C=N–C) groups is 1. The lowest BCUT2D eigenvalue weighted by molar-refractivity contribution is 0.413. The van der Waals surface area contributed by atoms with Gasteiger partial charge in [-0.25, -0.2) is 4.68 Å². The van der Waals surface area contributed by atoms with Gasteiger partial charge in [0.2, 0.25) is 0 Å². The second-order valence-corrected chi connectivity index (χ2v) is 8.85. The van der Waals surface area contributed by atoms with Gasteiger partial charge in [-0.05, 0) is 43.0 Å². The monoisotopic (exact) mass is 515 g/mol. The van der Waals surface area contributed by atoms with E-state index in [2.05, 4.69) is 32.9 Å². The smallest absolute Gasteiger partial charge is 0.191 e. The van der Waals surface area contributed by atoms with E-state index in [9.17, 15) is 4.21 Å². The van der Waals surface area contributed by atoms with Crippen molar-refractivity contribution in [2.75, 3.05) is 12.8 Å². The first-order valence-electron chi connectivity index (χ1n) is 9.63. The second-order valence-electron chi connectivity index (χ2n) is 6.85. The van der Waals surface area contributed by atoms with Crippen molar-refractivity contribution in [2.45, 2.75) is 50.4 Å². The zero-order valence-corrected chi connectivity index (χ0v) is 19.7. The van der Waals surface area contributed by atoms with E-state index in [0.29, 0.717) is 17.8 Å². The summed E-state index contributed by atoms with van der Waals surface area (Å²) < 4.78 is 14.0. The average Bonchev–Trinajstić information content (AvgIpc) is 3.26. The number of guanidine groups is 1. The molecule has 28 heavy (non-hydrogen) atoms. The normalized spacial score (nSPS) is 20.9. The van der Waals surface area contributed by atoms with Crippen LogP contribution < -0.4 is 10.6 Å². The van der Waals surface area contributed by atoms with E-state index in [1.807, 2.05) is 36.0 Å². The predicted molar refractivity (Wildman–Crippen MR) is 127 cm³/mol. The fourth-order valence-electron chi connectivity index (χ4n) is 3.55. The Balaban J connectivity index is 0.00000280. The van der Waals surface area contributed by atoms with Gasteiger partial charge in [0.05, 0.1) is 5.69 Å². The molecule has 1 aromatic heterocycles. The highest BCUT2D eigenvalue weighted by molar-refractivity contribution is 14.0. The first-order valence-corrected chi connectivity index (χ1v) is 11.0. The summed E-state index contributed by atoms with van der Waals surface area (Å²) in [5.74, 6) is 1.55. The van der Waals surface area contributed by atoms with Crippen molar-refractivity contribution in [2.24, 2.45) is 4.99 Å². The molecule has 8 heteroatoms. The molecule has 1 aliphatic rings. The van der Waals surface area contributed by atoms with Gasteiger partial charge in [-0.2, -0.15) is 5.10 Å². The van der Waals surface area contributed by atoms with Crippen molar-refractivity contribution in [1.82, 2.24) is 20.4 Å². The van der Waals surface area contributed by atoms with Gasteiger partial charge in [0.25, 0.3) is 0 Å². The summed E-state index contributed by atoms with van der Waals surface area (Å²) in [6, 6.07) is 10.5. The molecule has 1 saturated carbocycles. The molecule has 1 aromatic carbocycles. The Kier molecular flexibility index (Phi) is 9.43. The molecule has 0 saturated heterocycles. The van der Waals surface area contributed by atoms with E-state index < -0.39 is 10.8 Å². The first kappa shape index (κ1) is 22.9. The van der Waals surface area contributed by atoms with Gasteiger partial charge in [-0.3, -0.25) is 9.20 Å². The van der Waals surface area contributed by atoms with E-state index in [1.165, 1.54) is 5.56 Å². The van der Waals surface area contributed by atoms with Crippen molar-refractivity contribution in [3.8, 4) is 5.69 Å². The molecule has 0 bridgehead atoms. The van der Waals surface area contributed by atoms with Gasteiger partial charge in [0, 0.05) is 53.8 Å². The maximum atomic E-state index is 12.1. The van der Waals surface area contributed by atoms with Gasteiger partial charge in [-0.15, -0.1) is 24.0 Å². The summed E-state index contributed by atoms with van der Waals surface area (Å²) in [6.45, 7) is 2.69. The molecule has 154 valence electrons. The number of hydrogen-bond donors (Lipinski definition) is 2. The lowest BCUT2D eigenvalue weighted by Crippen LogP contribution is -2.46. The average molecular weight is 515 g/mol. The summed E-state index contributed by atoms with van der Waals surface area (Å²) in [5, 5.41) is 11.5. The molecule has 3 rings (SSSR count). The third-order valence-electron chi connectivity index (χ3n) is 4.99. The van der Waals surface area contributed by atoms with Crippen LogP contribution in [0.15, 0.2) is 47.7 Å². The number of nitrogens with zero attached hydrogens (tertiary/aromatic N) is 3. The van der Waals surface area contributed by atoms with E-state index >= 15 is 0 Å². The van der Waals surface area contributed by atoms with Crippen molar-refractivity contribution >= 4 is 40.7 Å². The number of halogens is 1. The molecule has 1 aliphatic carbocycles. The van der Waals surface area contributed by atoms with Crippen LogP contribution in [-0.2, 0) is 17.3 Å². The Morgan fingerprint density at radius 2 is 2.21 bits per heavy atom. The molecule has 3 unspecified atom stereocenters. The molecule has 0 amide bonds. The molecule has 3 atom stereocenters. The van der Waals surface area contributed by atoms with Crippen molar-refractivity contribution in [3.05, 3.63) is 48.3 Å². The van der Waals surface area contributed by atoms with Gasteiger partial charge in [-0.1, -0.05) is 25.5 Å². The molecule has 2 aromatic rings. The Bertz CT molecular complexity index is 781. The third kappa shape index (κ3) is 6.30. The van der Waals surface area contributed by atoms with Crippen LogP contribution in [0.2, 0.25) is 0 Å². The maximum absolute atomic E-state index is 12.1. The standard InChI is InChI=1S/C20H29N5OS.HI/c1-3-27(26)19-10-5-8-17(14-19)24-20(21-2)22-15-16-7-4-9-18(13-16)25-12-6-11-23-25;/h4,6-7,9,11-13,17,19H,3,5,8,10,14-15H2,1-2H3,(H2,21,22,24);1H. The molecule has 1 heterocycles. The lowest BCUT2D eigenvalue weighted by atomic mass is 9.95. The summed E-state index contributed by atoms with van der Waals surface area (Å²) in [6.07, 6.45) is 7.97. The van der Waals surface area contributed by atoms with Gasteiger partial charge >= 0.3 is 0 Å². The fraction of sp³-hybridized carbons (Fsp3) is 0.500. The highest BCUT2D eigenvalue weighted by Gasteiger charge is 2.25. The largest absolute Gasteiger partial charge is 0.354 e. The summed E-state index contributed by atoms with van der Waals surface area (Å²) >= 11 is 0. The molecule has 0 radical (unpaired) electrons. The highest BCUT2D eigenvalue weighted by atomic mass is 127. The topological polar surface area (TPSA) is 71.3 Å². The predicted octanol–water partition coefficient (Wildman–Crippen LogP) is 3.24. The molecule has 0 aliphatic heterocycles. The molecule has 0 spiro atoms. The number of benzene rings is 1. The van der Waals surface area contributed by atoms with Crippen LogP contribution in [0.25, 0.3) is 5.69 Å². The zero-order valence-electron chi connectivity index (χ0n) is 16.5. The second kappa shape index (κ2) is 11.5. The van der Waals surface area contributed by atoms with Crippen LogP contribution in [0.3, 0.4) is 0 Å². The summed E-state index contributed by atoms with van der Waals surface area (Å²) in [5.41, 5.74) is 2.21. The van der Waals surface area contributed by atoms with Crippen LogP contribution in [-0.4, -0.2) is 44.0 Å². The van der Waals surface area contributed by atoms with Crippen molar-refractivity contribution in [1.29, 1.82) is 0 Å². The number of nitrogens with one attached hydrogen (secondary N) is 2. The Hall–Kier alpha value is -1.42. The van der Waals surface area contributed by atoms with Crippen molar-refractivity contribution in [3.63, 3.8) is 0 Å². The van der Waals surface area contributed by atoms with Crippen molar-refractivity contribution < 1.29 is 4.21 Å². The fourth-order valence-corrected chi connectivity index (χ4v) is 4.90. The lowest BCUT2D eigenvalue weighted by Gasteiger charge is -2.30. The number of rotatable bonds is 6. The SMILES string of the molecule is CCS(=O)C1CCCC(NC(=NC)NCc2cccc(-n3cccn3)c2)C1.I. The Morgan fingerprint density at radius 1 is 1.36 bits per heavy atom. The Labute approximate surface area is 187 Å². The number of aromatic nitrogens is 2. The summed E-state index contributed by atoms with van der Waals surface area (Å²) in [7, 11) is 1.08. The van der Waals surface area contributed by atoms with Crippen LogP contribution in [0, 0.1) is 0 Å². The minimum Gasteiger partial charge on any atom is -0.354 e.